The number of nitrogens with zero attached hydrogens (tertiary/aromatic N) is 5. The van der Waals surface area contributed by atoms with Gasteiger partial charge < -0.3 is 19.6 Å². The molecule has 43 heavy (non-hydrogen) atoms. The number of aromatic nitrogens is 1. The second-order valence-corrected chi connectivity index (χ2v) is 14.0. The fourth-order valence-corrected chi connectivity index (χ4v) is 7.69. The zero-order valence-electron chi connectivity index (χ0n) is 26.6. The summed E-state index contributed by atoms with van der Waals surface area (Å²) in [5, 5.41) is 0.658. The molecule has 2 atom stereocenters. The molecule has 3 saturated heterocycles. The molecule has 3 aliphatic rings. The number of hydrogen-bond donors (Lipinski definition) is 0. The summed E-state index contributed by atoms with van der Waals surface area (Å²) in [6.45, 7) is 18.1. The van der Waals surface area contributed by atoms with E-state index in [1.165, 1.54) is 0 Å². The van der Waals surface area contributed by atoms with Crippen LogP contribution in [0.2, 0.25) is 5.02 Å². The maximum atomic E-state index is 13.8. The monoisotopic (exact) mass is 607 g/mol. The molecule has 1 aromatic carbocycles. The first-order valence-electron chi connectivity index (χ1n) is 15.6. The van der Waals surface area contributed by atoms with Crippen LogP contribution in [0.5, 0.6) is 0 Å². The average molecular weight is 608 g/mol. The Hall–Kier alpha value is -2.97. The first-order chi connectivity index (χ1) is 20.3. The smallest absolute Gasteiger partial charge is 0.256 e. The molecule has 0 saturated carbocycles. The van der Waals surface area contributed by atoms with Crippen LogP contribution in [-0.2, 0) is 9.59 Å². The number of hydrogen-bond acceptors (Lipinski definition) is 5. The molecule has 0 aliphatic carbocycles. The Labute approximate surface area is 261 Å². The van der Waals surface area contributed by atoms with Gasteiger partial charge in [0.2, 0.25) is 11.8 Å². The second-order valence-electron chi connectivity index (χ2n) is 13.6. The maximum Gasteiger partial charge on any atom is 0.256 e. The number of rotatable bonds is 7. The van der Waals surface area contributed by atoms with Crippen LogP contribution in [0.15, 0.2) is 30.5 Å². The van der Waals surface area contributed by atoms with Crippen LogP contribution >= 0.6 is 11.6 Å². The van der Waals surface area contributed by atoms with E-state index in [-0.39, 0.29) is 34.5 Å². The van der Waals surface area contributed by atoms with Crippen molar-refractivity contribution in [1.82, 2.24) is 19.7 Å². The lowest BCUT2D eigenvalue weighted by atomic mass is 9.71. The Morgan fingerprint density at radius 3 is 2.19 bits per heavy atom. The Morgan fingerprint density at radius 2 is 1.60 bits per heavy atom. The fraction of sp³-hybridized carbons (Fsp3) is 0.588. The number of aryl methyl sites for hydroxylation is 3. The fourth-order valence-electron chi connectivity index (χ4n) is 7.51. The van der Waals surface area contributed by atoms with Gasteiger partial charge in [0.15, 0.2) is 0 Å². The number of carbonyl (C=O) groups excluding carboxylic acids is 3. The standard InChI is InChI=1S/C34H46ClN5O3/c1-23-8-9-28(18-29(23)35)40(31(42)27-11-16-38(17-12-27)26(4)41)15-7-14-37-19-33(5)21-39(22-34(33,6)20-37)32(43)30-24(2)10-13-36-25(30)3/h8-10,13,18,27H,7,11-12,14-17,19-22H2,1-6H3. The van der Waals surface area contributed by atoms with E-state index in [0.717, 1.165) is 67.2 Å². The molecule has 0 radical (unpaired) electrons. The predicted octanol–water partition coefficient (Wildman–Crippen LogP) is 5.13. The molecule has 1 aromatic heterocycles. The van der Waals surface area contributed by atoms with Crippen LogP contribution in [0.25, 0.3) is 0 Å². The van der Waals surface area contributed by atoms with Gasteiger partial charge in [-0.2, -0.15) is 0 Å². The average Bonchev–Trinajstić information content (AvgIpc) is 3.35. The normalized spacial score (nSPS) is 24.3. The molecule has 0 bridgehead atoms. The third-order valence-corrected chi connectivity index (χ3v) is 10.8. The van der Waals surface area contributed by atoms with Gasteiger partial charge in [-0.15, -0.1) is 0 Å². The van der Waals surface area contributed by atoms with Crippen molar-refractivity contribution < 1.29 is 14.4 Å². The molecule has 3 amide bonds. The summed E-state index contributed by atoms with van der Waals surface area (Å²) in [7, 11) is 0. The van der Waals surface area contributed by atoms with Crippen molar-refractivity contribution in [3.63, 3.8) is 0 Å². The molecule has 2 aromatic rings. The van der Waals surface area contributed by atoms with Gasteiger partial charge in [0.1, 0.15) is 0 Å². The van der Waals surface area contributed by atoms with Gasteiger partial charge in [-0.3, -0.25) is 19.4 Å². The van der Waals surface area contributed by atoms with E-state index < -0.39 is 0 Å². The lowest BCUT2D eigenvalue weighted by Crippen LogP contribution is -2.44. The molecule has 5 rings (SSSR count). The van der Waals surface area contributed by atoms with Gasteiger partial charge in [-0.1, -0.05) is 31.5 Å². The Bertz CT molecular complexity index is 1370. The molecule has 2 unspecified atom stereocenters. The molecule has 0 spiro atoms. The number of likely N-dealkylation sites (tertiary alicyclic amines) is 3. The van der Waals surface area contributed by atoms with Gasteiger partial charge in [0.05, 0.1) is 11.3 Å². The molecule has 232 valence electrons. The van der Waals surface area contributed by atoms with Gasteiger partial charge >= 0.3 is 0 Å². The van der Waals surface area contributed by atoms with Crippen LogP contribution < -0.4 is 4.90 Å². The summed E-state index contributed by atoms with van der Waals surface area (Å²) < 4.78 is 0. The maximum absolute atomic E-state index is 13.8. The van der Waals surface area contributed by atoms with E-state index in [0.29, 0.717) is 37.5 Å². The van der Waals surface area contributed by atoms with Gasteiger partial charge in [0, 0.05) is 86.4 Å². The van der Waals surface area contributed by atoms with Crippen molar-refractivity contribution in [3.05, 3.63) is 57.9 Å². The van der Waals surface area contributed by atoms with E-state index >= 15 is 0 Å². The summed E-state index contributed by atoms with van der Waals surface area (Å²) in [4.78, 5) is 51.9. The van der Waals surface area contributed by atoms with E-state index in [1.807, 2.05) is 59.7 Å². The molecule has 3 aliphatic heterocycles. The third kappa shape index (κ3) is 6.18. The summed E-state index contributed by atoms with van der Waals surface area (Å²) >= 11 is 6.49. The molecule has 4 heterocycles. The summed E-state index contributed by atoms with van der Waals surface area (Å²) in [5.41, 5.74) is 4.32. The molecule has 8 nitrogen and oxygen atoms in total. The number of pyridine rings is 1. The van der Waals surface area contributed by atoms with E-state index in [9.17, 15) is 14.4 Å². The SMILES string of the molecule is CC(=O)N1CCC(C(=O)N(CCCN2CC3(C)CN(C(=O)c4c(C)ccnc4C)CC3(C)C2)c2ccc(C)c(Cl)c2)CC1. The zero-order valence-corrected chi connectivity index (χ0v) is 27.3. The number of amides is 3. The summed E-state index contributed by atoms with van der Waals surface area (Å²) in [5.74, 6) is 0.179. The van der Waals surface area contributed by atoms with Crippen LogP contribution in [0.1, 0.15) is 67.2 Å². The van der Waals surface area contributed by atoms with Crippen molar-refractivity contribution in [2.24, 2.45) is 16.7 Å². The van der Waals surface area contributed by atoms with Crippen LogP contribution in [-0.4, -0.2) is 89.8 Å². The Balaban J connectivity index is 1.23. The van der Waals surface area contributed by atoms with E-state index in [2.05, 4.69) is 23.7 Å². The first-order valence-corrected chi connectivity index (χ1v) is 16.0. The summed E-state index contributed by atoms with van der Waals surface area (Å²) in [6.07, 6.45) is 3.97. The Morgan fingerprint density at radius 1 is 0.953 bits per heavy atom. The minimum absolute atomic E-state index is 0.00263. The highest BCUT2D eigenvalue weighted by molar-refractivity contribution is 6.31. The highest BCUT2D eigenvalue weighted by Crippen LogP contribution is 2.51. The quantitative estimate of drug-likeness (QED) is 0.436. The largest absolute Gasteiger partial charge is 0.343 e. The highest BCUT2D eigenvalue weighted by atomic mass is 35.5. The number of fused-ring (bicyclic) bond motifs is 1. The van der Waals surface area contributed by atoms with Crippen molar-refractivity contribution >= 4 is 35.0 Å². The highest BCUT2D eigenvalue weighted by Gasteiger charge is 2.58. The number of carbonyl (C=O) groups is 3. The van der Waals surface area contributed by atoms with Gasteiger partial charge in [-0.25, -0.2) is 0 Å². The minimum atomic E-state index is -0.102. The molecule has 3 fully saturated rings. The first kappa shape index (κ1) is 31.5. The minimum Gasteiger partial charge on any atom is -0.343 e. The van der Waals surface area contributed by atoms with Crippen LogP contribution in [0.4, 0.5) is 5.69 Å². The topological polar surface area (TPSA) is 77.1 Å². The number of piperidine rings is 1. The van der Waals surface area contributed by atoms with Crippen molar-refractivity contribution in [1.29, 1.82) is 0 Å². The second kappa shape index (κ2) is 12.2. The van der Waals surface area contributed by atoms with Crippen LogP contribution in [0, 0.1) is 37.5 Å². The van der Waals surface area contributed by atoms with Crippen molar-refractivity contribution in [2.45, 2.75) is 60.8 Å². The van der Waals surface area contributed by atoms with Crippen molar-refractivity contribution in [3.8, 4) is 0 Å². The third-order valence-electron chi connectivity index (χ3n) is 10.4. The van der Waals surface area contributed by atoms with Crippen molar-refractivity contribution in [2.75, 3.05) is 57.3 Å². The number of halogens is 1. The predicted molar refractivity (Wildman–Crippen MR) is 170 cm³/mol. The molecule has 0 N–H and O–H groups in total. The number of benzene rings is 1. The molecule has 9 heteroatoms. The van der Waals surface area contributed by atoms with E-state index in [1.54, 1.807) is 13.1 Å². The van der Waals surface area contributed by atoms with E-state index in [4.69, 9.17) is 11.6 Å². The lowest BCUT2D eigenvalue weighted by molar-refractivity contribution is -0.133. The molecular weight excluding hydrogens is 562 g/mol. The number of anilines is 1. The Kier molecular flexibility index (Phi) is 8.92. The zero-order chi connectivity index (χ0) is 31.1. The lowest BCUT2D eigenvalue weighted by Gasteiger charge is -2.34. The molecular formula is C34H46ClN5O3. The van der Waals surface area contributed by atoms with Gasteiger partial charge in [-0.05, 0) is 75.9 Å². The summed E-state index contributed by atoms with van der Waals surface area (Å²) in [6, 6.07) is 7.78. The van der Waals surface area contributed by atoms with Gasteiger partial charge in [0.25, 0.3) is 5.91 Å². The van der Waals surface area contributed by atoms with Crippen LogP contribution in [0.3, 0.4) is 0 Å².